The van der Waals surface area contributed by atoms with E-state index in [1.54, 1.807) is 0 Å². The average molecular weight is 745 g/mol. The molecule has 0 bridgehead atoms. The highest BCUT2D eigenvalue weighted by molar-refractivity contribution is 6.13. The Hall–Kier alpha value is -7.96. The maximum Gasteiger partial charge on any atom is 0.227 e. The molecule has 0 radical (unpaired) electrons. The van der Waals surface area contributed by atoms with Crippen molar-refractivity contribution in [1.29, 1.82) is 0 Å². The minimum Gasteiger partial charge on any atom is -0.456 e. The summed E-state index contributed by atoms with van der Waals surface area (Å²) in [6.07, 6.45) is 0. The predicted octanol–water partition coefficient (Wildman–Crippen LogP) is 13.6. The first-order chi connectivity index (χ1) is 28.7. The van der Waals surface area contributed by atoms with Crippen LogP contribution in [0.25, 0.3) is 112 Å². The first kappa shape index (κ1) is 33.4. The Bertz CT molecular complexity index is 3210. The predicted molar refractivity (Wildman–Crippen MR) is 233 cm³/mol. The Balaban J connectivity index is 1.01. The second kappa shape index (κ2) is 14.0. The topological polar surface area (TPSA) is 77.8 Å². The summed E-state index contributed by atoms with van der Waals surface area (Å²) < 4.78 is 13.0. The molecule has 0 spiro atoms. The molecule has 0 saturated heterocycles. The number of aromatic nitrogens is 4. The third kappa shape index (κ3) is 6.01. The Morgan fingerprint density at radius 2 is 0.862 bits per heavy atom. The van der Waals surface area contributed by atoms with Crippen molar-refractivity contribution in [2.75, 3.05) is 0 Å². The molecule has 0 saturated carbocycles. The SMILES string of the molecule is c1ccc(-c2ccc(-c3nc4ccc(-c5ccc6oc7cccc(-c8nc(-c9ccccc9)nc(-c9ccccc9)n8)c7c6c5)cc4o3)c(-c3ccccc3)c2)cc1. The fourth-order valence-corrected chi connectivity index (χ4v) is 7.74. The second-order valence-electron chi connectivity index (χ2n) is 14.2. The molecule has 0 unspecified atom stereocenters. The quantitative estimate of drug-likeness (QED) is 0.162. The normalized spacial score (nSPS) is 11.4. The van der Waals surface area contributed by atoms with Crippen molar-refractivity contribution >= 4 is 33.0 Å². The molecule has 58 heavy (non-hydrogen) atoms. The van der Waals surface area contributed by atoms with Gasteiger partial charge < -0.3 is 8.83 Å². The molecule has 6 heteroatoms. The first-order valence-electron chi connectivity index (χ1n) is 19.2. The zero-order valence-electron chi connectivity index (χ0n) is 31.1. The molecular weight excluding hydrogens is 713 g/mol. The van der Waals surface area contributed by atoms with Crippen LogP contribution in [0, 0.1) is 0 Å². The van der Waals surface area contributed by atoms with E-state index in [4.69, 9.17) is 28.8 Å². The van der Waals surface area contributed by atoms with Gasteiger partial charge in [-0.2, -0.15) is 0 Å². The van der Waals surface area contributed by atoms with E-state index in [1.165, 1.54) is 0 Å². The van der Waals surface area contributed by atoms with Crippen molar-refractivity contribution < 1.29 is 8.83 Å². The molecule has 0 N–H and O–H groups in total. The van der Waals surface area contributed by atoms with Crippen LogP contribution < -0.4 is 0 Å². The number of furan rings is 1. The summed E-state index contributed by atoms with van der Waals surface area (Å²) in [5, 5.41) is 1.91. The number of hydrogen-bond acceptors (Lipinski definition) is 6. The van der Waals surface area contributed by atoms with Crippen molar-refractivity contribution in [2.45, 2.75) is 0 Å². The van der Waals surface area contributed by atoms with E-state index in [9.17, 15) is 0 Å². The minimum atomic E-state index is 0.577. The smallest absolute Gasteiger partial charge is 0.227 e. The summed E-state index contributed by atoms with van der Waals surface area (Å²) in [6.45, 7) is 0. The number of nitrogens with zero attached hydrogens (tertiary/aromatic N) is 4. The van der Waals surface area contributed by atoms with Gasteiger partial charge in [0.2, 0.25) is 5.89 Å². The highest BCUT2D eigenvalue weighted by atomic mass is 16.3. The van der Waals surface area contributed by atoms with Gasteiger partial charge in [-0.3, -0.25) is 0 Å². The third-order valence-corrected chi connectivity index (χ3v) is 10.6. The highest BCUT2D eigenvalue weighted by Crippen LogP contribution is 2.40. The van der Waals surface area contributed by atoms with Crippen LogP contribution in [0.3, 0.4) is 0 Å². The first-order valence-corrected chi connectivity index (χ1v) is 19.2. The van der Waals surface area contributed by atoms with E-state index in [0.29, 0.717) is 28.9 Å². The molecular formula is C52H32N4O2. The molecule has 0 fully saturated rings. The van der Waals surface area contributed by atoms with Crippen LogP contribution in [0.1, 0.15) is 0 Å². The van der Waals surface area contributed by atoms with Gasteiger partial charge in [0, 0.05) is 33.0 Å². The van der Waals surface area contributed by atoms with Gasteiger partial charge in [-0.1, -0.05) is 152 Å². The van der Waals surface area contributed by atoms with E-state index in [1.807, 2.05) is 97.1 Å². The fraction of sp³-hybridized carbons (Fsp3) is 0. The second-order valence-corrected chi connectivity index (χ2v) is 14.2. The highest BCUT2D eigenvalue weighted by Gasteiger charge is 2.20. The third-order valence-electron chi connectivity index (χ3n) is 10.6. The summed E-state index contributed by atoms with van der Waals surface area (Å²) >= 11 is 0. The Labute approximate surface area is 333 Å². The summed E-state index contributed by atoms with van der Waals surface area (Å²) in [6, 6.07) is 65.9. The molecule has 6 nitrogen and oxygen atoms in total. The molecule has 0 aliphatic heterocycles. The zero-order valence-corrected chi connectivity index (χ0v) is 31.1. The van der Waals surface area contributed by atoms with Crippen molar-refractivity contribution in [1.82, 2.24) is 19.9 Å². The van der Waals surface area contributed by atoms with Crippen LogP contribution in [-0.2, 0) is 0 Å². The minimum absolute atomic E-state index is 0.577. The van der Waals surface area contributed by atoms with Gasteiger partial charge in [0.25, 0.3) is 0 Å². The largest absolute Gasteiger partial charge is 0.456 e. The van der Waals surface area contributed by atoms with Crippen molar-refractivity contribution in [2.24, 2.45) is 0 Å². The van der Waals surface area contributed by atoms with Gasteiger partial charge in [-0.15, -0.1) is 0 Å². The van der Waals surface area contributed by atoms with Crippen LogP contribution in [0.2, 0.25) is 0 Å². The van der Waals surface area contributed by atoms with Gasteiger partial charge in [-0.25, -0.2) is 19.9 Å². The molecule has 11 rings (SSSR count). The van der Waals surface area contributed by atoms with Crippen LogP contribution in [0.5, 0.6) is 0 Å². The van der Waals surface area contributed by atoms with Gasteiger partial charge in [0.05, 0.1) is 0 Å². The molecule has 0 aliphatic carbocycles. The molecule has 272 valence electrons. The van der Waals surface area contributed by atoms with E-state index in [-0.39, 0.29) is 0 Å². The lowest BCUT2D eigenvalue weighted by Crippen LogP contribution is -2.00. The number of benzene rings is 8. The summed E-state index contributed by atoms with van der Waals surface area (Å²) in [5.74, 6) is 2.37. The van der Waals surface area contributed by atoms with E-state index >= 15 is 0 Å². The molecule has 0 aliphatic rings. The summed E-state index contributed by atoms with van der Waals surface area (Å²) in [5.41, 5.74) is 13.2. The van der Waals surface area contributed by atoms with Crippen LogP contribution in [-0.4, -0.2) is 19.9 Å². The Morgan fingerprint density at radius 1 is 0.293 bits per heavy atom. The lowest BCUT2D eigenvalue weighted by Gasteiger charge is -2.10. The van der Waals surface area contributed by atoms with E-state index in [2.05, 4.69) is 97.1 Å². The van der Waals surface area contributed by atoms with E-state index in [0.717, 1.165) is 83.1 Å². The number of hydrogen-bond donors (Lipinski definition) is 0. The molecule has 3 aromatic heterocycles. The lowest BCUT2D eigenvalue weighted by molar-refractivity contribution is 0.620. The van der Waals surface area contributed by atoms with Crippen LogP contribution in [0.4, 0.5) is 0 Å². The van der Waals surface area contributed by atoms with Gasteiger partial charge >= 0.3 is 0 Å². The van der Waals surface area contributed by atoms with Crippen molar-refractivity contribution in [3.63, 3.8) is 0 Å². The van der Waals surface area contributed by atoms with Crippen molar-refractivity contribution in [3.8, 4) is 79.0 Å². The standard InChI is InChI=1S/C52H32N4O2/c1-5-14-33(15-6-1)37-24-27-40(42(30-37)34-16-7-2-8-17-34)52-53-44-28-25-39(32-47(44)58-52)38-26-29-45-43(31-38)48-41(22-13-23-46(48)57-45)51-55-49(35-18-9-3-10-19-35)54-50(56-51)36-20-11-4-12-21-36/h1-32H. The van der Waals surface area contributed by atoms with Gasteiger partial charge in [-0.05, 0) is 75.8 Å². The molecule has 8 aromatic carbocycles. The van der Waals surface area contributed by atoms with Gasteiger partial charge in [0.15, 0.2) is 23.1 Å². The number of fused-ring (bicyclic) bond motifs is 4. The molecule has 3 heterocycles. The van der Waals surface area contributed by atoms with E-state index < -0.39 is 0 Å². The summed E-state index contributed by atoms with van der Waals surface area (Å²) in [4.78, 5) is 20.0. The molecule has 11 aromatic rings. The Kier molecular flexibility index (Phi) is 8.04. The maximum absolute atomic E-state index is 6.59. The lowest BCUT2D eigenvalue weighted by atomic mass is 9.94. The van der Waals surface area contributed by atoms with Crippen LogP contribution in [0.15, 0.2) is 203 Å². The van der Waals surface area contributed by atoms with Crippen molar-refractivity contribution in [3.05, 3.63) is 194 Å². The number of oxazole rings is 1. The molecule has 0 atom stereocenters. The fourth-order valence-electron chi connectivity index (χ4n) is 7.74. The monoisotopic (exact) mass is 744 g/mol. The number of rotatable bonds is 7. The maximum atomic E-state index is 6.59. The summed E-state index contributed by atoms with van der Waals surface area (Å²) in [7, 11) is 0. The Morgan fingerprint density at radius 3 is 1.55 bits per heavy atom. The molecule has 0 amide bonds. The zero-order chi connectivity index (χ0) is 38.4. The average Bonchev–Trinajstić information content (AvgIpc) is 3.91. The van der Waals surface area contributed by atoms with Gasteiger partial charge in [0.1, 0.15) is 16.7 Å². The van der Waals surface area contributed by atoms with Crippen LogP contribution >= 0.6 is 0 Å².